The lowest BCUT2D eigenvalue weighted by Gasteiger charge is -2.27. The Balaban J connectivity index is 1.39. The number of aromatic nitrogens is 2. The van der Waals surface area contributed by atoms with Crippen LogP contribution >= 0.6 is 0 Å². The average Bonchev–Trinajstić information content (AvgIpc) is 3.86. The Morgan fingerprint density at radius 1 is 0.556 bits per heavy atom. The third kappa shape index (κ3) is 13.7. The van der Waals surface area contributed by atoms with E-state index in [9.17, 15) is 29.1 Å². The molecule has 5 rings (SSSR count). The number of hydrogen-bond donors (Lipinski definition) is 13. The normalized spacial score (nSPS) is 13.5. The van der Waals surface area contributed by atoms with Gasteiger partial charge in [-0.25, -0.2) is 0 Å². The van der Waals surface area contributed by atoms with Crippen LogP contribution in [0.2, 0.25) is 0 Å². The predicted octanol–water partition coefficient (Wildman–Crippen LogP) is -0.758. The second-order valence-electron chi connectivity index (χ2n) is 15.1. The number of para-hydroxylation sites is 2. The van der Waals surface area contributed by atoms with Gasteiger partial charge >= 0.3 is 0 Å². The van der Waals surface area contributed by atoms with Crippen molar-refractivity contribution in [3.05, 3.63) is 102 Å². The van der Waals surface area contributed by atoms with Crippen molar-refractivity contribution < 1.29 is 29.1 Å². The highest BCUT2D eigenvalue weighted by molar-refractivity contribution is 5.96. The summed E-state index contributed by atoms with van der Waals surface area (Å²) in [4.78, 5) is 83.2. The van der Waals surface area contributed by atoms with Crippen LogP contribution in [-0.4, -0.2) is 99.8 Å². The smallest absolute Gasteiger partial charge is 0.243 e. The van der Waals surface area contributed by atoms with E-state index in [1.165, 1.54) is 12.1 Å². The number of guanidine groups is 2. The summed E-state index contributed by atoms with van der Waals surface area (Å²) in [5.74, 6) is -3.91. The zero-order chi connectivity index (χ0) is 45.5. The molecule has 0 aliphatic rings. The van der Waals surface area contributed by atoms with E-state index in [-0.39, 0.29) is 75.7 Å². The highest BCUT2D eigenvalue weighted by Crippen LogP contribution is 2.21. The van der Waals surface area contributed by atoms with Gasteiger partial charge in [-0.3, -0.25) is 34.0 Å². The fourth-order valence-electron chi connectivity index (χ4n) is 7.09. The molecule has 0 aliphatic heterocycles. The first-order valence-electron chi connectivity index (χ1n) is 20.4. The van der Waals surface area contributed by atoms with Crippen molar-refractivity contribution >= 4 is 63.3 Å². The van der Waals surface area contributed by atoms with Crippen LogP contribution in [0.4, 0.5) is 0 Å². The van der Waals surface area contributed by atoms with Crippen LogP contribution in [0, 0.1) is 0 Å². The lowest BCUT2D eigenvalue weighted by molar-refractivity contribution is -0.134. The van der Waals surface area contributed by atoms with Gasteiger partial charge in [-0.2, -0.15) is 0 Å². The van der Waals surface area contributed by atoms with E-state index in [0.29, 0.717) is 11.1 Å². The van der Waals surface area contributed by atoms with E-state index in [1.807, 2.05) is 48.5 Å². The number of nitrogens with one attached hydrogen (secondary N) is 6. The summed E-state index contributed by atoms with van der Waals surface area (Å²) < 4.78 is 0. The van der Waals surface area contributed by atoms with E-state index < -0.39 is 59.7 Å². The van der Waals surface area contributed by atoms with Crippen LogP contribution in [0.1, 0.15) is 42.4 Å². The van der Waals surface area contributed by atoms with Gasteiger partial charge in [0.1, 0.15) is 29.9 Å². The van der Waals surface area contributed by atoms with Gasteiger partial charge in [0, 0.05) is 60.1 Å². The molecule has 63 heavy (non-hydrogen) atoms. The van der Waals surface area contributed by atoms with E-state index in [0.717, 1.165) is 27.4 Å². The van der Waals surface area contributed by atoms with Crippen molar-refractivity contribution in [3.63, 3.8) is 0 Å². The zero-order valence-corrected chi connectivity index (χ0v) is 34.7. The maximum atomic E-state index is 14.5. The third-order valence-electron chi connectivity index (χ3n) is 10.4. The number of aromatic hydroxyl groups is 1. The third-order valence-corrected chi connectivity index (χ3v) is 10.4. The van der Waals surface area contributed by atoms with Gasteiger partial charge in [-0.1, -0.05) is 48.5 Å². The van der Waals surface area contributed by atoms with Crippen LogP contribution in [0.5, 0.6) is 5.75 Å². The Hall–Kier alpha value is -7.61. The highest BCUT2D eigenvalue weighted by Gasteiger charge is 2.32. The van der Waals surface area contributed by atoms with Crippen molar-refractivity contribution in [2.45, 2.75) is 75.2 Å². The molecule has 0 aliphatic carbocycles. The number of nitrogens with zero attached hydrogens (tertiary/aromatic N) is 2. The van der Waals surface area contributed by atoms with Crippen molar-refractivity contribution in [1.82, 2.24) is 31.2 Å². The molecule has 5 amide bonds. The summed E-state index contributed by atoms with van der Waals surface area (Å²) >= 11 is 0. The van der Waals surface area contributed by atoms with Crippen molar-refractivity contribution in [2.75, 3.05) is 13.1 Å². The van der Waals surface area contributed by atoms with Crippen molar-refractivity contribution in [3.8, 4) is 5.75 Å². The molecule has 19 N–H and O–H groups in total. The standard InChI is InChI=1S/C43H56N14O6/c44-30(20-25-22-52-31-9-3-1-7-28(25)31)38(60)54-33(11-5-17-50-42(46)47)40(62)57-36(21-26-23-53-32-10-4-2-8-29(26)32)41(63)55-34(12-6-18-51-43(48)49)39(61)56-35(37(45)59)19-24-13-15-27(58)16-14-24/h1-4,7-10,13-16,22-23,30,33-36,52-53,58H,5-6,11-12,17-21,44H2,(H2,45,59)(H,54,60)(H,55,63)(H,56,61)(H,57,62)(H4,46,47,50)(H4,48,49,51)/t30-,33-,34-,35-,36-/m0/s1. The fourth-order valence-corrected chi connectivity index (χ4v) is 7.09. The van der Waals surface area contributed by atoms with E-state index >= 15 is 0 Å². The molecule has 20 heteroatoms. The average molecular weight is 865 g/mol. The number of benzene rings is 3. The number of aromatic amines is 2. The largest absolute Gasteiger partial charge is 0.508 e. The maximum absolute atomic E-state index is 14.5. The maximum Gasteiger partial charge on any atom is 0.243 e. The monoisotopic (exact) mass is 864 g/mol. The minimum atomic E-state index is -1.30. The molecule has 0 unspecified atom stereocenters. The van der Waals surface area contributed by atoms with Gasteiger partial charge in [0.05, 0.1) is 6.04 Å². The van der Waals surface area contributed by atoms with Gasteiger partial charge in [-0.05, 0) is 73.1 Å². The number of amides is 5. The summed E-state index contributed by atoms with van der Waals surface area (Å²) in [6.07, 6.45) is 4.22. The molecule has 0 fully saturated rings. The molecule has 3 aromatic carbocycles. The Bertz CT molecular complexity index is 2420. The Morgan fingerprint density at radius 2 is 1.00 bits per heavy atom. The number of phenols is 1. The number of nitrogens with two attached hydrogens (primary N) is 6. The lowest BCUT2D eigenvalue weighted by atomic mass is 10.0. The lowest BCUT2D eigenvalue weighted by Crippen LogP contribution is -2.59. The Kier molecular flexibility index (Phi) is 16.4. The first-order valence-corrected chi connectivity index (χ1v) is 20.4. The van der Waals surface area contributed by atoms with Crippen molar-refractivity contribution in [1.29, 1.82) is 0 Å². The molecule has 0 saturated heterocycles. The number of phenolic OH excluding ortho intramolecular Hbond substituents is 1. The predicted molar refractivity (Wildman–Crippen MR) is 241 cm³/mol. The summed E-state index contributed by atoms with van der Waals surface area (Å²) in [5, 5.41) is 22.4. The molecule has 334 valence electrons. The molecular weight excluding hydrogens is 809 g/mol. The molecular formula is C43H56N14O6. The molecule has 2 heterocycles. The fraction of sp³-hybridized carbons (Fsp3) is 0.326. The molecule has 20 nitrogen and oxygen atoms in total. The minimum Gasteiger partial charge on any atom is -0.508 e. The molecule has 0 spiro atoms. The second-order valence-corrected chi connectivity index (χ2v) is 15.1. The van der Waals surface area contributed by atoms with Gasteiger partial charge in [0.25, 0.3) is 0 Å². The SMILES string of the molecule is NC(=O)[C@H](Cc1ccc(O)cc1)NC(=O)[C@H](CCCN=C(N)N)NC(=O)[C@H](Cc1c[nH]c2ccccc12)NC(=O)[C@H](CCCN=C(N)N)NC(=O)[C@@H](N)Cc1c[nH]c2ccccc12. The van der Waals surface area contributed by atoms with Crippen LogP contribution < -0.4 is 55.7 Å². The molecule has 5 aromatic rings. The minimum absolute atomic E-state index is 0.00298. The number of aliphatic imine (C=N–C) groups is 2. The summed E-state index contributed by atoms with van der Waals surface area (Å²) in [6.45, 7) is 0.270. The Morgan fingerprint density at radius 3 is 1.51 bits per heavy atom. The topological polar surface area (TPSA) is 366 Å². The van der Waals surface area contributed by atoms with Crippen LogP contribution in [0.15, 0.2) is 95.2 Å². The molecule has 5 atom stereocenters. The number of H-pyrrole nitrogens is 2. The van der Waals surface area contributed by atoms with E-state index in [4.69, 9.17) is 34.4 Å². The van der Waals surface area contributed by atoms with E-state index in [1.54, 1.807) is 24.5 Å². The zero-order valence-electron chi connectivity index (χ0n) is 34.7. The number of carbonyl (C=O) groups excluding carboxylic acids is 5. The van der Waals surface area contributed by atoms with E-state index in [2.05, 4.69) is 41.2 Å². The van der Waals surface area contributed by atoms with Crippen LogP contribution in [0.3, 0.4) is 0 Å². The summed E-state index contributed by atoms with van der Waals surface area (Å²) in [5.41, 5.74) is 37.9. The molecule has 2 aromatic heterocycles. The summed E-state index contributed by atoms with van der Waals surface area (Å²) in [6, 6.07) is 15.0. The molecule has 0 radical (unpaired) electrons. The van der Waals surface area contributed by atoms with Crippen LogP contribution in [-0.2, 0) is 43.2 Å². The van der Waals surface area contributed by atoms with Gasteiger partial charge in [-0.15, -0.1) is 0 Å². The van der Waals surface area contributed by atoms with Gasteiger partial charge in [0.15, 0.2) is 11.9 Å². The van der Waals surface area contributed by atoms with Crippen molar-refractivity contribution in [2.24, 2.45) is 44.4 Å². The number of rotatable bonds is 23. The number of primary amides is 1. The number of carbonyl (C=O) groups is 5. The number of hydrogen-bond acceptors (Lipinski definition) is 9. The highest BCUT2D eigenvalue weighted by atomic mass is 16.3. The van der Waals surface area contributed by atoms with Gasteiger partial charge in [0.2, 0.25) is 29.5 Å². The summed E-state index contributed by atoms with van der Waals surface area (Å²) in [7, 11) is 0. The van der Waals surface area contributed by atoms with Crippen LogP contribution in [0.25, 0.3) is 21.8 Å². The molecule has 0 bridgehead atoms. The molecule has 0 saturated carbocycles. The first-order chi connectivity index (χ1) is 30.2. The first kappa shape index (κ1) is 46.5. The Labute approximate surface area is 363 Å². The quantitative estimate of drug-likeness (QED) is 0.0220. The second kappa shape index (κ2) is 22.3. The van der Waals surface area contributed by atoms with Gasteiger partial charge < -0.3 is 70.7 Å². The number of fused-ring (bicyclic) bond motifs is 2.